The summed E-state index contributed by atoms with van der Waals surface area (Å²) in [6.45, 7) is 0.892. The second-order valence-electron chi connectivity index (χ2n) is 5.67. The van der Waals surface area contributed by atoms with Crippen LogP contribution in [0.2, 0.25) is 0 Å². The van der Waals surface area contributed by atoms with Crippen LogP contribution in [0.1, 0.15) is 15.9 Å². The largest absolute Gasteiger partial charge is 0.545 e. The lowest BCUT2D eigenvalue weighted by Gasteiger charge is -2.09. The highest BCUT2D eigenvalue weighted by molar-refractivity contribution is 6.07. The molecule has 0 radical (unpaired) electrons. The van der Waals surface area contributed by atoms with Crippen LogP contribution in [0.15, 0.2) is 42.5 Å². The molecule has 2 aromatic carbocycles. The lowest BCUT2D eigenvalue weighted by molar-refractivity contribution is -0.872. The zero-order chi connectivity index (χ0) is 15.7. The summed E-state index contributed by atoms with van der Waals surface area (Å²) < 4.78 is 0. The minimum absolute atomic E-state index is 0.157. The maximum atomic E-state index is 11.4. The van der Waals surface area contributed by atoms with Crippen molar-refractivity contribution in [3.8, 4) is 11.3 Å². The van der Waals surface area contributed by atoms with Gasteiger partial charge in [0.05, 0.1) is 25.6 Å². The molecule has 0 spiro atoms. The molecule has 0 unspecified atom stereocenters. The first-order valence-electron chi connectivity index (χ1n) is 7.13. The molecule has 5 heteroatoms. The number of hydrogen-bond acceptors (Lipinski definition) is 3. The van der Waals surface area contributed by atoms with Crippen molar-refractivity contribution in [3.63, 3.8) is 0 Å². The number of aromatic amines is 1. The molecule has 1 aromatic heterocycles. The van der Waals surface area contributed by atoms with E-state index in [0.29, 0.717) is 16.6 Å². The molecule has 3 rings (SSSR count). The van der Waals surface area contributed by atoms with Crippen molar-refractivity contribution >= 4 is 16.9 Å². The van der Waals surface area contributed by atoms with E-state index in [2.05, 4.69) is 36.4 Å². The number of carbonyl (C=O) groups is 1. The Morgan fingerprint density at radius 3 is 2.73 bits per heavy atom. The number of benzene rings is 2. The van der Waals surface area contributed by atoms with Crippen molar-refractivity contribution in [1.82, 2.24) is 10.2 Å². The molecule has 0 bridgehead atoms. The summed E-state index contributed by atoms with van der Waals surface area (Å²) in [7, 11) is 4.18. The van der Waals surface area contributed by atoms with E-state index in [1.807, 2.05) is 18.2 Å². The molecule has 0 aliphatic heterocycles. The maximum absolute atomic E-state index is 11.4. The van der Waals surface area contributed by atoms with E-state index in [1.165, 1.54) is 10.5 Å². The number of carboxylic acid groups (broad SMARTS) is 1. The van der Waals surface area contributed by atoms with Gasteiger partial charge in [-0.25, -0.2) is 0 Å². The summed E-state index contributed by atoms with van der Waals surface area (Å²) >= 11 is 0. The number of nitrogens with one attached hydrogen (secondary N) is 2. The van der Waals surface area contributed by atoms with E-state index in [9.17, 15) is 9.90 Å². The van der Waals surface area contributed by atoms with Crippen LogP contribution in [0.3, 0.4) is 0 Å². The van der Waals surface area contributed by atoms with Gasteiger partial charge in [0.2, 0.25) is 0 Å². The number of aromatic carboxylic acids is 1. The fourth-order valence-electron chi connectivity index (χ4n) is 2.69. The molecular formula is C17H17N3O2. The van der Waals surface area contributed by atoms with Gasteiger partial charge in [-0.05, 0) is 12.1 Å². The van der Waals surface area contributed by atoms with Crippen LogP contribution in [0.4, 0.5) is 0 Å². The SMILES string of the molecule is C[NH+](C)Cc1cccc(-c2n[nH]c3cccc(C(=O)[O-])c23)c1. The Labute approximate surface area is 128 Å². The quantitative estimate of drug-likeness (QED) is 0.724. The average Bonchev–Trinajstić information content (AvgIpc) is 2.90. The fourth-order valence-corrected chi connectivity index (χ4v) is 2.69. The Morgan fingerprint density at radius 1 is 1.23 bits per heavy atom. The third kappa shape index (κ3) is 2.58. The highest BCUT2D eigenvalue weighted by Gasteiger charge is 2.13. The number of aromatic nitrogens is 2. The van der Waals surface area contributed by atoms with Gasteiger partial charge in [-0.2, -0.15) is 5.10 Å². The van der Waals surface area contributed by atoms with Gasteiger partial charge in [0.25, 0.3) is 0 Å². The Morgan fingerprint density at radius 2 is 2.00 bits per heavy atom. The number of fused-ring (bicyclic) bond motifs is 1. The summed E-state index contributed by atoms with van der Waals surface area (Å²) in [5.41, 5.74) is 3.58. The van der Waals surface area contributed by atoms with Crippen molar-refractivity contribution in [3.05, 3.63) is 53.6 Å². The first kappa shape index (κ1) is 14.3. The predicted molar refractivity (Wildman–Crippen MR) is 82.4 cm³/mol. The van der Waals surface area contributed by atoms with Crippen LogP contribution in [-0.4, -0.2) is 30.3 Å². The summed E-state index contributed by atoms with van der Waals surface area (Å²) in [5.74, 6) is -1.19. The van der Waals surface area contributed by atoms with Gasteiger partial charge in [-0.15, -0.1) is 0 Å². The molecule has 5 nitrogen and oxygen atoms in total. The molecule has 3 aromatic rings. The zero-order valence-corrected chi connectivity index (χ0v) is 12.5. The van der Waals surface area contributed by atoms with Crippen LogP contribution in [-0.2, 0) is 6.54 Å². The van der Waals surface area contributed by atoms with Crippen molar-refractivity contribution in [1.29, 1.82) is 0 Å². The predicted octanol–water partition coefficient (Wildman–Crippen LogP) is 0.238. The first-order chi connectivity index (χ1) is 10.6. The van der Waals surface area contributed by atoms with Gasteiger partial charge in [0.1, 0.15) is 12.2 Å². The molecule has 112 valence electrons. The molecule has 1 heterocycles. The summed E-state index contributed by atoms with van der Waals surface area (Å²) in [5, 5.41) is 19.1. The smallest absolute Gasteiger partial charge is 0.102 e. The van der Waals surface area contributed by atoms with E-state index in [1.54, 1.807) is 12.1 Å². The molecule has 22 heavy (non-hydrogen) atoms. The molecule has 0 saturated heterocycles. The van der Waals surface area contributed by atoms with E-state index < -0.39 is 5.97 Å². The standard InChI is InChI=1S/C17H17N3O2/c1-20(2)10-11-5-3-6-12(9-11)16-15-13(17(21)22)7-4-8-14(15)18-19-16/h3-9H,10H2,1-2H3,(H,18,19)(H,21,22). The zero-order valence-electron chi connectivity index (χ0n) is 12.5. The monoisotopic (exact) mass is 295 g/mol. The minimum atomic E-state index is -1.19. The van der Waals surface area contributed by atoms with Crippen LogP contribution >= 0.6 is 0 Å². The van der Waals surface area contributed by atoms with Crippen LogP contribution in [0.25, 0.3) is 22.2 Å². The molecule has 0 saturated carbocycles. The van der Waals surface area contributed by atoms with Gasteiger partial charge in [0, 0.05) is 22.1 Å². The molecule has 0 fully saturated rings. The van der Waals surface area contributed by atoms with Crippen molar-refractivity contribution < 1.29 is 14.8 Å². The van der Waals surface area contributed by atoms with Crippen molar-refractivity contribution in [2.45, 2.75) is 6.54 Å². The lowest BCUT2D eigenvalue weighted by Crippen LogP contribution is -3.04. The van der Waals surface area contributed by atoms with Crippen LogP contribution < -0.4 is 10.0 Å². The second-order valence-corrected chi connectivity index (χ2v) is 5.67. The first-order valence-corrected chi connectivity index (χ1v) is 7.13. The van der Waals surface area contributed by atoms with Gasteiger partial charge in [-0.1, -0.05) is 30.3 Å². The average molecular weight is 295 g/mol. The highest BCUT2D eigenvalue weighted by Crippen LogP contribution is 2.29. The van der Waals surface area contributed by atoms with Gasteiger partial charge >= 0.3 is 0 Å². The third-order valence-corrected chi connectivity index (χ3v) is 3.57. The van der Waals surface area contributed by atoms with Gasteiger partial charge in [-0.3, -0.25) is 5.10 Å². The maximum Gasteiger partial charge on any atom is 0.102 e. The summed E-state index contributed by atoms with van der Waals surface area (Å²) in [4.78, 5) is 12.7. The number of H-pyrrole nitrogens is 1. The second kappa shape index (κ2) is 5.61. The highest BCUT2D eigenvalue weighted by atomic mass is 16.4. The van der Waals surface area contributed by atoms with Crippen LogP contribution in [0.5, 0.6) is 0 Å². The minimum Gasteiger partial charge on any atom is -0.545 e. The molecule has 0 amide bonds. The number of carboxylic acids is 1. The number of carbonyl (C=O) groups excluding carboxylic acids is 1. The lowest BCUT2D eigenvalue weighted by atomic mass is 10.0. The van der Waals surface area contributed by atoms with E-state index in [4.69, 9.17) is 0 Å². The molecule has 0 atom stereocenters. The Balaban J connectivity index is 2.16. The Bertz CT molecular complexity index is 837. The van der Waals surface area contributed by atoms with Crippen LogP contribution in [0, 0.1) is 0 Å². The number of rotatable bonds is 4. The van der Waals surface area contributed by atoms with Crippen molar-refractivity contribution in [2.24, 2.45) is 0 Å². The Hall–Kier alpha value is -2.66. The summed E-state index contributed by atoms with van der Waals surface area (Å²) in [6.07, 6.45) is 0. The Kier molecular flexibility index (Phi) is 3.65. The molecule has 0 aliphatic rings. The number of quaternary nitrogens is 1. The van der Waals surface area contributed by atoms with Gasteiger partial charge in [0.15, 0.2) is 0 Å². The van der Waals surface area contributed by atoms with E-state index in [0.717, 1.165) is 12.1 Å². The molecule has 2 N–H and O–H groups in total. The number of hydrogen-bond donors (Lipinski definition) is 2. The normalized spacial score (nSPS) is 11.2. The van der Waals surface area contributed by atoms with E-state index in [-0.39, 0.29) is 5.56 Å². The third-order valence-electron chi connectivity index (χ3n) is 3.57. The van der Waals surface area contributed by atoms with Gasteiger partial charge < -0.3 is 14.8 Å². The fraction of sp³-hybridized carbons (Fsp3) is 0.176. The molecule has 0 aliphatic carbocycles. The molecular weight excluding hydrogens is 278 g/mol. The van der Waals surface area contributed by atoms with E-state index >= 15 is 0 Å². The topological polar surface area (TPSA) is 73.2 Å². The summed E-state index contributed by atoms with van der Waals surface area (Å²) in [6, 6.07) is 13.1. The number of nitrogens with zero attached hydrogens (tertiary/aromatic N) is 1. The van der Waals surface area contributed by atoms with Crippen molar-refractivity contribution in [2.75, 3.05) is 14.1 Å².